The highest BCUT2D eigenvalue weighted by Crippen LogP contribution is 2.52. The van der Waals surface area contributed by atoms with Crippen LogP contribution in [0.3, 0.4) is 0 Å². The number of thiophene rings is 1. The smallest absolute Gasteiger partial charge is 0.136 e. The highest BCUT2D eigenvalue weighted by molar-refractivity contribution is 7.26. The fraction of sp³-hybridized carbons (Fsp3) is 0. The van der Waals surface area contributed by atoms with E-state index in [4.69, 9.17) is 14.7 Å². The number of fused-ring (bicyclic) bond motifs is 1. The molecule has 0 unspecified atom stereocenters. The molecule has 0 saturated carbocycles. The number of nitrogens with zero attached hydrogens (tertiary/aromatic N) is 2. The molecule has 6 aromatic carbocycles. The molecule has 0 atom stereocenters. The van der Waals surface area contributed by atoms with Crippen molar-refractivity contribution in [3.05, 3.63) is 121 Å². The predicted octanol–water partition coefficient (Wildman–Crippen LogP) is 10.3. The minimum Gasteiger partial charge on any atom is -0.456 e. The maximum absolute atomic E-state index is 6.45. The van der Waals surface area contributed by atoms with Crippen LogP contribution < -0.4 is 4.74 Å². The first-order valence-electron chi connectivity index (χ1n) is 13.3. The van der Waals surface area contributed by atoms with Crippen molar-refractivity contribution in [1.29, 1.82) is 0 Å². The maximum Gasteiger partial charge on any atom is 0.136 e. The van der Waals surface area contributed by atoms with Gasteiger partial charge in [0.1, 0.15) is 11.5 Å². The van der Waals surface area contributed by atoms with Gasteiger partial charge in [0.2, 0.25) is 0 Å². The Labute approximate surface area is 234 Å². The Morgan fingerprint density at radius 2 is 1.12 bits per heavy atom. The van der Waals surface area contributed by atoms with E-state index >= 15 is 0 Å². The van der Waals surface area contributed by atoms with Gasteiger partial charge in [-0.15, -0.1) is 11.3 Å². The van der Waals surface area contributed by atoms with Crippen LogP contribution in [0, 0.1) is 0 Å². The zero-order valence-corrected chi connectivity index (χ0v) is 22.1. The van der Waals surface area contributed by atoms with E-state index in [1.807, 2.05) is 41.7 Å². The summed E-state index contributed by atoms with van der Waals surface area (Å²) in [5, 5.41) is 4.77. The third-order valence-electron chi connectivity index (χ3n) is 7.86. The van der Waals surface area contributed by atoms with Crippen LogP contribution in [-0.2, 0) is 0 Å². The molecular formula is C36H20N2OS. The Hall–Kier alpha value is -5.06. The lowest BCUT2D eigenvalue weighted by Crippen LogP contribution is -1.98. The third kappa shape index (κ3) is 3.11. The van der Waals surface area contributed by atoms with Gasteiger partial charge in [-0.25, -0.2) is 9.97 Å². The van der Waals surface area contributed by atoms with E-state index in [0.717, 1.165) is 55.8 Å². The van der Waals surface area contributed by atoms with Gasteiger partial charge in [-0.2, -0.15) is 0 Å². The molecule has 40 heavy (non-hydrogen) atoms. The maximum atomic E-state index is 6.45. The van der Waals surface area contributed by atoms with E-state index in [1.54, 1.807) is 0 Å². The Morgan fingerprint density at radius 3 is 1.93 bits per heavy atom. The second-order valence-electron chi connectivity index (χ2n) is 10.2. The van der Waals surface area contributed by atoms with Gasteiger partial charge in [-0.3, -0.25) is 0 Å². The summed E-state index contributed by atoms with van der Waals surface area (Å²) in [4.78, 5) is 10.5. The van der Waals surface area contributed by atoms with Gasteiger partial charge in [0, 0.05) is 36.7 Å². The van der Waals surface area contributed by atoms with Gasteiger partial charge >= 0.3 is 0 Å². The van der Waals surface area contributed by atoms with Crippen LogP contribution in [0.5, 0.6) is 11.5 Å². The second-order valence-corrected chi connectivity index (χ2v) is 11.2. The van der Waals surface area contributed by atoms with Gasteiger partial charge < -0.3 is 4.74 Å². The number of hydrogen-bond acceptors (Lipinski definition) is 4. The lowest BCUT2D eigenvalue weighted by molar-refractivity contribution is 0.493. The number of rotatable bonds is 3. The first-order chi connectivity index (χ1) is 19.8. The predicted molar refractivity (Wildman–Crippen MR) is 166 cm³/mol. The van der Waals surface area contributed by atoms with E-state index in [1.165, 1.54) is 31.3 Å². The number of hydrogen-bond donors (Lipinski definition) is 0. The normalized spacial score (nSPS) is 12.2. The lowest BCUT2D eigenvalue weighted by Gasteiger charge is -2.19. The van der Waals surface area contributed by atoms with Crippen molar-refractivity contribution >= 4 is 53.3 Å². The summed E-state index contributed by atoms with van der Waals surface area (Å²) in [6.45, 7) is 0. The van der Waals surface area contributed by atoms with Crippen LogP contribution >= 0.6 is 11.3 Å². The van der Waals surface area contributed by atoms with Crippen molar-refractivity contribution in [2.45, 2.75) is 0 Å². The summed E-state index contributed by atoms with van der Waals surface area (Å²) >= 11 is 1.81. The number of ether oxygens (including phenoxy) is 1. The Balaban J connectivity index is 1.35. The molecule has 0 bridgehead atoms. The van der Waals surface area contributed by atoms with Crippen LogP contribution in [0.1, 0.15) is 0 Å². The van der Waals surface area contributed by atoms with Crippen molar-refractivity contribution in [2.75, 3.05) is 0 Å². The number of benzene rings is 6. The summed E-state index contributed by atoms with van der Waals surface area (Å²) < 4.78 is 8.92. The molecule has 0 aliphatic carbocycles. The summed E-state index contributed by atoms with van der Waals surface area (Å²) in [7, 11) is 0. The molecule has 9 rings (SSSR count). The van der Waals surface area contributed by atoms with Gasteiger partial charge in [0.15, 0.2) is 0 Å². The molecule has 1 aliphatic rings. The Morgan fingerprint density at radius 1 is 0.475 bits per heavy atom. The molecule has 2 aromatic heterocycles. The summed E-state index contributed by atoms with van der Waals surface area (Å²) in [6.07, 6.45) is 0. The Bertz CT molecular complexity index is 2290. The van der Waals surface area contributed by atoms with Crippen LogP contribution in [0.25, 0.3) is 75.6 Å². The van der Waals surface area contributed by atoms with Crippen LogP contribution in [0.4, 0.5) is 0 Å². The van der Waals surface area contributed by atoms with E-state index in [2.05, 4.69) is 91.0 Å². The summed E-state index contributed by atoms with van der Waals surface area (Å²) in [5.74, 6) is 1.83. The standard InChI is InChI=1S/C36H20N2OS/c1-2-8-21(9-3-1)22-16-18-23(19-17-22)35-36(38-27-12-5-4-11-26(27)37-35)25-20-31-34-32-24(25)10-6-13-28(32)39-29-14-7-15-30(40-31)33(29)34/h1-20H. The largest absolute Gasteiger partial charge is 0.456 e. The quantitative estimate of drug-likeness (QED) is 0.229. The zero-order chi connectivity index (χ0) is 26.2. The lowest BCUT2D eigenvalue weighted by atomic mass is 9.93. The van der Waals surface area contributed by atoms with Gasteiger partial charge in [-0.05, 0) is 52.9 Å². The molecule has 4 heteroatoms. The first kappa shape index (κ1) is 21.8. The fourth-order valence-electron chi connectivity index (χ4n) is 6.03. The second kappa shape index (κ2) is 8.22. The molecule has 0 radical (unpaired) electrons. The number of para-hydroxylation sites is 2. The van der Waals surface area contributed by atoms with Gasteiger partial charge in [0.05, 0.1) is 22.4 Å². The van der Waals surface area contributed by atoms with Crippen molar-refractivity contribution in [3.8, 4) is 45.1 Å². The average Bonchev–Trinajstić information content (AvgIpc) is 3.40. The molecule has 186 valence electrons. The molecule has 0 fully saturated rings. The Kier molecular flexibility index (Phi) is 4.48. The highest BCUT2D eigenvalue weighted by Gasteiger charge is 2.25. The highest BCUT2D eigenvalue weighted by atomic mass is 32.1. The molecule has 8 aromatic rings. The molecule has 3 heterocycles. The minimum atomic E-state index is 0.879. The van der Waals surface area contributed by atoms with E-state index < -0.39 is 0 Å². The summed E-state index contributed by atoms with van der Waals surface area (Å²) in [5.41, 5.74) is 8.02. The molecule has 0 saturated heterocycles. The van der Waals surface area contributed by atoms with Crippen LogP contribution in [-0.4, -0.2) is 9.97 Å². The average molecular weight is 529 g/mol. The van der Waals surface area contributed by atoms with Crippen molar-refractivity contribution in [1.82, 2.24) is 9.97 Å². The molecule has 1 aliphatic heterocycles. The molecule has 0 spiro atoms. The topological polar surface area (TPSA) is 35.0 Å². The minimum absolute atomic E-state index is 0.879. The van der Waals surface area contributed by atoms with Crippen molar-refractivity contribution in [2.24, 2.45) is 0 Å². The van der Waals surface area contributed by atoms with Gasteiger partial charge in [-0.1, -0.05) is 84.9 Å². The monoisotopic (exact) mass is 528 g/mol. The van der Waals surface area contributed by atoms with Crippen molar-refractivity contribution in [3.63, 3.8) is 0 Å². The molecular weight excluding hydrogens is 508 g/mol. The van der Waals surface area contributed by atoms with E-state index in [9.17, 15) is 0 Å². The van der Waals surface area contributed by atoms with E-state index in [-0.39, 0.29) is 0 Å². The SMILES string of the molecule is c1ccc(-c2ccc(-c3nc4ccccc4nc3-c3cc4sc5cccc6c5c4c4c(cccc34)O6)cc2)cc1. The molecule has 0 N–H and O–H groups in total. The van der Waals surface area contributed by atoms with Crippen molar-refractivity contribution < 1.29 is 4.74 Å². The van der Waals surface area contributed by atoms with E-state index in [0.29, 0.717) is 0 Å². The molecule has 0 amide bonds. The number of aromatic nitrogens is 2. The van der Waals surface area contributed by atoms with Crippen LogP contribution in [0.15, 0.2) is 121 Å². The first-order valence-corrected chi connectivity index (χ1v) is 14.2. The summed E-state index contributed by atoms with van der Waals surface area (Å²) in [6, 6.07) is 42.2. The van der Waals surface area contributed by atoms with Crippen LogP contribution in [0.2, 0.25) is 0 Å². The molecule has 3 nitrogen and oxygen atoms in total. The zero-order valence-electron chi connectivity index (χ0n) is 21.3. The fourth-order valence-corrected chi connectivity index (χ4v) is 7.20. The third-order valence-corrected chi connectivity index (χ3v) is 8.96. The van der Waals surface area contributed by atoms with Gasteiger partial charge in [0.25, 0.3) is 0 Å².